The van der Waals surface area contributed by atoms with Crippen LogP contribution < -0.4 is 5.32 Å². The molecular weight excluding hydrogens is 442 g/mol. The van der Waals surface area contributed by atoms with Crippen molar-refractivity contribution in [2.75, 3.05) is 0 Å². The summed E-state index contributed by atoms with van der Waals surface area (Å²) in [5.74, 6) is 0.395. The molecule has 1 aliphatic rings. The molecule has 1 aliphatic carbocycles. The molecule has 2 atom stereocenters. The molecule has 0 unspecified atom stereocenters. The molecule has 5 rings (SSSR count). The van der Waals surface area contributed by atoms with E-state index in [1.54, 1.807) is 17.1 Å². The maximum absolute atomic E-state index is 12.9. The second-order valence-electron chi connectivity index (χ2n) is 9.40. The van der Waals surface area contributed by atoms with Gasteiger partial charge in [0.05, 0.1) is 11.4 Å². The molecule has 3 N–H and O–H groups in total. The number of amides is 1. The average Bonchev–Trinajstić information content (AvgIpc) is 3.60. The number of nitrogens with zero attached hydrogens (tertiary/aromatic N) is 5. The van der Waals surface area contributed by atoms with Gasteiger partial charge in [-0.3, -0.25) is 14.9 Å². The molecule has 9 heteroatoms. The normalized spacial score (nSPS) is 19.7. The van der Waals surface area contributed by atoms with Gasteiger partial charge in [-0.25, -0.2) is 9.67 Å². The van der Waals surface area contributed by atoms with E-state index >= 15 is 0 Å². The first-order valence-corrected chi connectivity index (χ1v) is 11.8. The minimum atomic E-state index is -1.11. The number of aromatic nitrogens is 6. The van der Waals surface area contributed by atoms with E-state index in [0.717, 1.165) is 34.0 Å². The lowest BCUT2D eigenvalue weighted by Gasteiger charge is -2.23. The Bertz CT molecular complexity index is 1310. The van der Waals surface area contributed by atoms with Gasteiger partial charge in [-0.2, -0.15) is 10.2 Å². The van der Waals surface area contributed by atoms with Crippen molar-refractivity contribution in [2.24, 2.45) is 5.92 Å². The van der Waals surface area contributed by atoms with Crippen LogP contribution in [0.5, 0.6) is 0 Å². The van der Waals surface area contributed by atoms with E-state index < -0.39 is 5.60 Å². The number of rotatable bonds is 7. The van der Waals surface area contributed by atoms with Crippen molar-refractivity contribution in [3.63, 3.8) is 0 Å². The number of aromatic amines is 1. The zero-order valence-corrected chi connectivity index (χ0v) is 19.9. The summed E-state index contributed by atoms with van der Waals surface area (Å²) in [5, 5.41) is 25.8. The number of H-pyrrole nitrogens is 1. The Morgan fingerprint density at radius 2 is 2.14 bits per heavy atom. The van der Waals surface area contributed by atoms with E-state index in [9.17, 15) is 9.90 Å². The molecule has 0 aliphatic heterocycles. The highest BCUT2D eigenvalue weighted by atomic mass is 16.3. The van der Waals surface area contributed by atoms with Gasteiger partial charge in [0.2, 0.25) is 5.91 Å². The lowest BCUT2D eigenvalue weighted by atomic mass is 9.93. The molecule has 1 fully saturated rings. The predicted octanol–water partition coefficient (Wildman–Crippen LogP) is 2.90. The van der Waals surface area contributed by atoms with Crippen LogP contribution in [0.25, 0.3) is 5.82 Å². The molecule has 0 radical (unpaired) electrons. The molecule has 35 heavy (non-hydrogen) atoms. The number of hydrogen-bond acceptors (Lipinski definition) is 6. The maximum Gasteiger partial charge on any atom is 0.223 e. The van der Waals surface area contributed by atoms with Crippen molar-refractivity contribution in [3.8, 4) is 5.82 Å². The van der Waals surface area contributed by atoms with Gasteiger partial charge in [0.25, 0.3) is 0 Å². The van der Waals surface area contributed by atoms with Crippen molar-refractivity contribution >= 4 is 5.91 Å². The molecule has 0 aromatic carbocycles. The van der Waals surface area contributed by atoms with Crippen LogP contribution in [0.1, 0.15) is 53.2 Å². The second-order valence-corrected chi connectivity index (χ2v) is 9.40. The fourth-order valence-corrected chi connectivity index (χ4v) is 4.69. The molecular formula is C26H29N7O2. The van der Waals surface area contributed by atoms with E-state index in [-0.39, 0.29) is 11.8 Å². The molecule has 4 heterocycles. The lowest BCUT2D eigenvalue weighted by Crippen LogP contribution is -2.31. The Hall–Kier alpha value is -3.85. The first-order valence-electron chi connectivity index (χ1n) is 11.8. The van der Waals surface area contributed by atoms with Gasteiger partial charge in [0.15, 0.2) is 5.82 Å². The molecule has 1 saturated carbocycles. The Labute approximate surface area is 203 Å². The number of pyridine rings is 2. The molecule has 0 bridgehead atoms. The number of carbonyl (C=O) groups excluding carboxylic acids is 1. The van der Waals surface area contributed by atoms with E-state index in [1.807, 2.05) is 56.4 Å². The highest BCUT2D eigenvalue weighted by molar-refractivity contribution is 5.79. The molecule has 9 nitrogen and oxygen atoms in total. The summed E-state index contributed by atoms with van der Waals surface area (Å²) in [7, 11) is 0. The zero-order chi connectivity index (χ0) is 24.4. The number of aliphatic hydroxyl groups is 1. The SMILES string of the molecule is Cc1cc(Cc2cc(C)[nH]n2)nc([C@]2(O)CC[C@H](C(=O)NCc3ccc(-n4cccn4)nc3)C2)c1. The molecule has 4 aromatic heterocycles. The number of nitrogens with one attached hydrogen (secondary N) is 2. The first-order chi connectivity index (χ1) is 16.9. The first kappa shape index (κ1) is 22.9. The van der Waals surface area contributed by atoms with E-state index in [4.69, 9.17) is 4.98 Å². The molecule has 0 spiro atoms. The van der Waals surface area contributed by atoms with Gasteiger partial charge in [0.1, 0.15) is 5.60 Å². The summed E-state index contributed by atoms with van der Waals surface area (Å²) in [5.41, 5.74) is 4.23. The third-order valence-electron chi connectivity index (χ3n) is 6.50. The van der Waals surface area contributed by atoms with Gasteiger partial charge in [0, 0.05) is 48.9 Å². The topological polar surface area (TPSA) is 122 Å². The Morgan fingerprint density at radius 1 is 1.26 bits per heavy atom. The lowest BCUT2D eigenvalue weighted by molar-refractivity contribution is -0.125. The van der Waals surface area contributed by atoms with Crippen LogP contribution in [0.3, 0.4) is 0 Å². The molecule has 180 valence electrons. The summed E-state index contributed by atoms with van der Waals surface area (Å²) in [6.07, 6.45) is 7.33. The highest BCUT2D eigenvalue weighted by Crippen LogP contribution is 2.41. The third-order valence-corrected chi connectivity index (χ3v) is 6.50. The van der Waals surface area contributed by atoms with Gasteiger partial charge >= 0.3 is 0 Å². The predicted molar refractivity (Wildman–Crippen MR) is 130 cm³/mol. The number of aryl methyl sites for hydroxylation is 2. The third kappa shape index (κ3) is 5.14. The van der Waals surface area contributed by atoms with Crippen LogP contribution in [0, 0.1) is 19.8 Å². The minimum absolute atomic E-state index is 0.0584. The largest absolute Gasteiger partial charge is 0.384 e. The molecule has 1 amide bonds. The zero-order valence-electron chi connectivity index (χ0n) is 19.9. The van der Waals surface area contributed by atoms with Gasteiger partial charge in [-0.05, 0) is 74.6 Å². The van der Waals surface area contributed by atoms with Crippen molar-refractivity contribution in [3.05, 3.63) is 88.9 Å². The van der Waals surface area contributed by atoms with Gasteiger partial charge in [-0.15, -0.1) is 0 Å². The fraction of sp³-hybridized carbons (Fsp3) is 0.346. The summed E-state index contributed by atoms with van der Waals surface area (Å²) in [6.45, 7) is 4.35. The van der Waals surface area contributed by atoms with Crippen LogP contribution in [0.4, 0.5) is 0 Å². The minimum Gasteiger partial charge on any atom is -0.384 e. The van der Waals surface area contributed by atoms with Crippen LogP contribution >= 0.6 is 0 Å². The summed E-state index contributed by atoms with van der Waals surface area (Å²) in [4.78, 5) is 22.0. The van der Waals surface area contributed by atoms with Gasteiger partial charge < -0.3 is 10.4 Å². The van der Waals surface area contributed by atoms with Crippen molar-refractivity contribution in [1.82, 2.24) is 35.3 Å². The number of carbonyl (C=O) groups is 1. The van der Waals surface area contributed by atoms with Crippen LogP contribution in [0.2, 0.25) is 0 Å². The Morgan fingerprint density at radius 3 is 2.86 bits per heavy atom. The number of hydrogen-bond donors (Lipinski definition) is 3. The Balaban J connectivity index is 1.21. The van der Waals surface area contributed by atoms with Crippen molar-refractivity contribution in [2.45, 2.75) is 51.7 Å². The van der Waals surface area contributed by atoms with E-state index in [0.29, 0.717) is 37.9 Å². The van der Waals surface area contributed by atoms with Crippen LogP contribution in [-0.2, 0) is 23.4 Å². The highest BCUT2D eigenvalue weighted by Gasteiger charge is 2.42. The second kappa shape index (κ2) is 9.42. The standard InChI is InChI=1S/C26H29N7O2/c1-17-10-21(13-22-12-18(2)31-32-22)30-23(11-17)26(35)7-6-20(14-26)25(34)28-16-19-4-5-24(27-15-19)33-9-3-8-29-33/h3-5,8-12,15,20,35H,6-7,13-14,16H2,1-2H3,(H,28,34)(H,31,32)/t20-,26-/m0/s1. The quantitative estimate of drug-likeness (QED) is 0.381. The van der Waals surface area contributed by atoms with Crippen LogP contribution in [-0.4, -0.2) is 41.0 Å². The van der Waals surface area contributed by atoms with E-state index in [1.165, 1.54) is 0 Å². The molecule has 0 saturated heterocycles. The van der Waals surface area contributed by atoms with Crippen LogP contribution in [0.15, 0.2) is 55.0 Å². The smallest absolute Gasteiger partial charge is 0.223 e. The molecule has 4 aromatic rings. The van der Waals surface area contributed by atoms with Crippen molar-refractivity contribution < 1.29 is 9.90 Å². The van der Waals surface area contributed by atoms with Crippen molar-refractivity contribution in [1.29, 1.82) is 0 Å². The summed E-state index contributed by atoms with van der Waals surface area (Å²) in [6, 6.07) is 11.6. The monoisotopic (exact) mass is 471 g/mol. The maximum atomic E-state index is 12.9. The summed E-state index contributed by atoms with van der Waals surface area (Å²) >= 11 is 0. The summed E-state index contributed by atoms with van der Waals surface area (Å²) < 4.78 is 1.68. The fourth-order valence-electron chi connectivity index (χ4n) is 4.69. The average molecular weight is 472 g/mol. The Kier molecular flexibility index (Phi) is 6.17. The van der Waals surface area contributed by atoms with Gasteiger partial charge in [-0.1, -0.05) is 6.07 Å². The van der Waals surface area contributed by atoms with E-state index in [2.05, 4.69) is 25.6 Å².